The molecule has 0 fully saturated rings. The minimum atomic E-state index is -4.63. The molecule has 3 aromatic rings. The number of nitrogens with zero attached hydrogens (tertiary/aromatic N) is 1. The Balaban J connectivity index is 1.91. The molecule has 0 saturated heterocycles. The third-order valence-corrected chi connectivity index (χ3v) is 4.18. The number of anilines is 1. The number of non-ortho nitro benzene ring substituents is 1. The second-order valence-corrected chi connectivity index (χ2v) is 6.24. The van der Waals surface area contributed by atoms with Gasteiger partial charge in [0.05, 0.1) is 23.3 Å². The van der Waals surface area contributed by atoms with Gasteiger partial charge in [0, 0.05) is 17.7 Å². The molecule has 0 aliphatic carbocycles. The Morgan fingerprint density at radius 1 is 0.968 bits per heavy atom. The number of carbonyl (C=O) groups is 1. The van der Waals surface area contributed by atoms with Crippen LogP contribution in [0.25, 0.3) is 0 Å². The average molecular weight is 432 g/mol. The third kappa shape index (κ3) is 5.30. The number of halogens is 3. The molecule has 7 nitrogen and oxygen atoms in total. The van der Waals surface area contributed by atoms with Crippen LogP contribution >= 0.6 is 0 Å². The normalized spacial score (nSPS) is 11.0. The van der Waals surface area contributed by atoms with Crippen LogP contribution in [0.15, 0.2) is 66.7 Å². The van der Waals surface area contributed by atoms with Crippen LogP contribution in [0, 0.1) is 10.1 Å². The number of nitro benzene ring substituents is 1. The maximum atomic E-state index is 13.2. The molecule has 0 saturated carbocycles. The number of carbonyl (C=O) groups excluding carboxylic acids is 1. The first-order valence-corrected chi connectivity index (χ1v) is 8.76. The number of methoxy groups -OCH3 is 1. The van der Waals surface area contributed by atoms with E-state index in [1.54, 1.807) is 24.3 Å². The van der Waals surface area contributed by atoms with E-state index in [4.69, 9.17) is 9.47 Å². The van der Waals surface area contributed by atoms with Crippen molar-refractivity contribution in [3.63, 3.8) is 0 Å². The fraction of sp³-hybridized carbons (Fsp3) is 0.0952. The van der Waals surface area contributed by atoms with Gasteiger partial charge in [-0.05, 0) is 54.6 Å². The third-order valence-electron chi connectivity index (χ3n) is 4.18. The van der Waals surface area contributed by atoms with Gasteiger partial charge >= 0.3 is 6.18 Å². The number of nitrogens with one attached hydrogen (secondary N) is 1. The van der Waals surface area contributed by atoms with Crippen molar-refractivity contribution in [2.75, 3.05) is 12.4 Å². The van der Waals surface area contributed by atoms with Crippen LogP contribution in [0.1, 0.15) is 15.9 Å². The Morgan fingerprint density at radius 2 is 1.58 bits per heavy atom. The molecule has 0 aliphatic rings. The number of benzene rings is 3. The van der Waals surface area contributed by atoms with E-state index in [1.165, 1.54) is 19.2 Å². The van der Waals surface area contributed by atoms with Crippen LogP contribution in [0.4, 0.5) is 24.5 Å². The quantitative estimate of drug-likeness (QED) is 0.401. The van der Waals surface area contributed by atoms with Crippen LogP contribution in [-0.4, -0.2) is 17.9 Å². The first-order valence-electron chi connectivity index (χ1n) is 8.76. The molecule has 0 radical (unpaired) electrons. The molecule has 0 heterocycles. The lowest BCUT2D eigenvalue weighted by molar-refractivity contribution is -0.384. The molecule has 0 aromatic heterocycles. The molecule has 31 heavy (non-hydrogen) atoms. The van der Waals surface area contributed by atoms with Crippen LogP contribution in [-0.2, 0) is 6.18 Å². The fourth-order valence-electron chi connectivity index (χ4n) is 2.59. The van der Waals surface area contributed by atoms with E-state index in [2.05, 4.69) is 5.32 Å². The van der Waals surface area contributed by atoms with E-state index in [-0.39, 0.29) is 22.7 Å². The summed E-state index contributed by atoms with van der Waals surface area (Å²) in [6.45, 7) is 0. The van der Waals surface area contributed by atoms with Gasteiger partial charge in [0.25, 0.3) is 11.6 Å². The van der Waals surface area contributed by atoms with E-state index in [0.29, 0.717) is 11.5 Å². The zero-order valence-corrected chi connectivity index (χ0v) is 16.0. The molecule has 1 N–H and O–H groups in total. The molecule has 3 aromatic carbocycles. The highest BCUT2D eigenvalue weighted by Gasteiger charge is 2.31. The molecule has 0 unspecified atom stereocenters. The Labute approximate surface area is 174 Å². The van der Waals surface area contributed by atoms with Crippen molar-refractivity contribution in [2.45, 2.75) is 6.18 Å². The van der Waals surface area contributed by atoms with Gasteiger partial charge < -0.3 is 14.8 Å². The number of hydrogen-bond acceptors (Lipinski definition) is 5. The lowest BCUT2D eigenvalue weighted by Gasteiger charge is -2.15. The summed E-state index contributed by atoms with van der Waals surface area (Å²) in [4.78, 5) is 22.6. The lowest BCUT2D eigenvalue weighted by Crippen LogP contribution is -2.14. The number of nitro groups is 1. The predicted octanol–water partition coefficient (Wildman–Crippen LogP) is 5.67. The molecule has 3 rings (SSSR count). The van der Waals surface area contributed by atoms with Gasteiger partial charge in [0.15, 0.2) is 5.75 Å². The van der Waals surface area contributed by atoms with E-state index in [1.807, 2.05) is 0 Å². The SMILES string of the molecule is COc1ccc(Oc2ccc(C(F)(F)F)cc2NC(=O)c2ccc([N+](=O)[O-])cc2)cc1. The van der Waals surface area contributed by atoms with Crippen LogP contribution in [0.5, 0.6) is 17.2 Å². The van der Waals surface area contributed by atoms with Crippen LogP contribution in [0.3, 0.4) is 0 Å². The number of rotatable bonds is 6. The zero-order chi connectivity index (χ0) is 22.6. The molecule has 0 aliphatic heterocycles. The highest BCUT2D eigenvalue weighted by Crippen LogP contribution is 2.37. The molecule has 0 spiro atoms. The van der Waals surface area contributed by atoms with Gasteiger partial charge in [-0.1, -0.05) is 0 Å². The summed E-state index contributed by atoms with van der Waals surface area (Å²) in [5.41, 5.74) is -1.39. The first kappa shape index (κ1) is 21.6. The molecule has 10 heteroatoms. The molecule has 0 atom stereocenters. The van der Waals surface area contributed by atoms with Crippen LogP contribution in [0.2, 0.25) is 0 Å². The Bertz CT molecular complexity index is 1100. The molecule has 160 valence electrons. The van der Waals surface area contributed by atoms with Crippen molar-refractivity contribution < 1.29 is 32.4 Å². The zero-order valence-electron chi connectivity index (χ0n) is 16.0. The van der Waals surface area contributed by atoms with E-state index < -0.39 is 22.6 Å². The largest absolute Gasteiger partial charge is 0.497 e. The van der Waals surface area contributed by atoms with Crippen molar-refractivity contribution in [1.82, 2.24) is 0 Å². The second-order valence-electron chi connectivity index (χ2n) is 6.24. The minimum Gasteiger partial charge on any atom is -0.497 e. The summed E-state index contributed by atoms with van der Waals surface area (Å²) in [6, 6.07) is 13.6. The Morgan fingerprint density at radius 3 is 2.13 bits per heavy atom. The van der Waals surface area contributed by atoms with Gasteiger partial charge in [-0.2, -0.15) is 13.2 Å². The summed E-state index contributed by atoms with van der Waals surface area (Å²) in [5.74, 6) is 0.0973. The van der Waals surface area contributed by atoms with Crippen LogP contribution < -0.4 is 14.8 Å². The van der Waals surface area contributed by atoms with E-state index >= 15 is 0 Å². The summed E-state index contributed by atoms with van der Waals surface area (Å²) in [5, 5.41) is 13.1. The summed E-state index contributed by atoms with van der Waals surface area (Å²) in [6.07, 6.45) is -4.63. The standard InChI is InChI=1S/C21H15F3N2O5/c1-30-16-7-9-17(10-8-16)31-19-11-4-14(21(22,23)24)12-18(19)25-20(27)13-2-5-15(6-3-13)26(28)29/h2-12H,1H3,(H,25,27). The van der Waals surface area contributed by atoms with Crippen molar-refractivity contribution in [2.24, 2.45) is 0 Å². The van der Waals surface area contributed by atoms with Crippen molar-refractivity contribution in [1.29, 1.82) is 0 Å². The summed E-state index contributed by atoms with van der Waals surface area (Å²) in [7, 11) is 1.48. The number of ether oxygens (including phenoxy) is 2. The number of amides is 1. The average Bonchev–Trinajstić information content (AvgIpc) is 2.74. The smallest absolute Gasteiger partial charge is 0.416 e. The van der Waals surface area contributed by atoms with Gasteiger partial charge in [-0.15, -0.1) is 0 Å². The van der Waals surface area contributed by atoms with E-state index in [9.17, 15) is 28.1 Å². The minimum absolute atomic E-state index is 0.0200. The molecule has 0 bridgehead atoms. The topological polar surface area (TPSA) is 90.7 Å². The lowest BCUT2D eigenvalue weighted by atomic mass is 10.1. The maximum absolute atomic E-state index is 13.2. The second kappa shape index (κ2) is 8.74. The van der Waals surface area contributed by atoms with Crippen molar-refractivity contribution >= 4 is 17.3 Å². The Hall–Kier alpha value is -4.08. The fourth-order valence-corrected chi connectivity index (χ4v) is 2.59. The maximum Gasteiger partial charge on any atom is 0.416 e. The molecule has 1 amide bonds. The van der Waals surface area contributed by atoms with Gasteiger partial charge in [-0.3, -0.25) is 14.9 Å². The highest BCUT2D eigenvalue weighted by atomic mass is 19.4. The predicted molar refractivity (Wildman–Crippen MR) is 106 cm³/mol. The van der Waals surface area contributed by atoms with Crippen molar-refractivity contribution in [3.05, 3.63) is 88.0 Å². The van der Waals surface area contributed by atoms with Crippen molar-refractivity contribution in [3.8, 4) is 17.2 Å². The number of hydrogen-bond donors (Lipinski definition) is 1. The van der Waals surface area contributed by atoms with E-state index in [0.717, 1.165) is 30.3 Å². The monoisotopic (exact) mass is 432 g/mol. The summed E-state index contributed by atoms with van der Waals surface area (Å²) >= 11 is 0. The first-order chi connectivity index (χ1) is 14.7. The van der Waals surface area contributed by atoms with Gasteiger partial charge in [0.2, 0.25) is 0 Å². The summed E-state index contributed by atoms with van der Waals surface area (Å²) < 4.78 is 50.2. The molecular weight excluding hydrogens is 417 g/mol. The highest BCUT2D eigenvalue weighted by molar-refractivity contribution is 6.05. The van der Waals surface area contributed by atoms with Gasteiger partial charge in [0.1, 0.15) is 11.5 Å². The Kier molecular flexibility index (Phi) is 6.10. The molecular formula is C21H15F3N2O5. The number of alkyl halides is 3. The van der Waals surface area contributed by atoms with Gasteiger partial charge in [-0.25, -0.2) is 0 Å².